The van der Waals surface area contributed by atoms with Crippen LogP contribution in [0.15, 0.2) is 24.3 Å². The number of piperidine rings is 1. The Morgan fingerprint density at radius 2 is 2.10 bits per heavy atom. The summed E-state index contributed by atoms with van der Waals surface area (Å²) in [5.41, 5.74) is 1.09. The topological polar surface area (TPSA) is 30.5 Å². The van der Waals surface area contributed by atoms with Gasteiger partial charge in [-0.05, 0) is 45.2 Å². The van der Waals surface area contributed by atoms with E-state index in [0.717, 1.165) is 25.3 Å². The summed E-state index contributed by atoms with van der Waals surface area (Å²) in [6.07, 6.45) is 2.95. The molecule has 3 heterocycles. The van der Waals surface area contributed by atoms with Crippen LogP contribution in [0.2, 0.25) is 0 Å². The van der Waals surface area contributed by atoms with Gasteiger partial charge in [0.25, 0.3) is 0 Å². The fourth-order valence-electron chi connectivity index (χ4n) is 4.15. The minimum atomic E-state index is -0.151. The Balaban J connectivity index is 1.72. The summed E-state index contributed by atoms with van der Waals surface area (Å²) in [5, 5.41) is 3.51. The summed E-state index contributed by atoms with van der Waals surface area (Å²) >= 11 is 0. The van der Waals surface area contributed by atoms with Crippen molar-refractivity contribution in [2.75, 3.05) is 13.1 Å². The normalized spacial score (nSPS) is 38.1. The van der Waals surface area contributed by atoms with Crippen LogP contribution in [0.4, 0.5) is 0 Å². The standard InChI is InChI=1S/C17H23NO2/c1-17(2)13-9-11-10-18-8-7-14(11)19-16(13)12-5-3-4-6-15(12)20-17/h3-6,11,13-14,16,18H,7-10H2,1-2H3/t11-,13+,14+,16-/m0/s1. The summed E-state index contributed by atoms with van der Waals surface area (Å²) in [6.45, 7) is 6.59. The van der Waals surface area contributed by atoms with Crippen LogP contribution in [0.25, 0.3) is 0 Å². The van der Waals surface area contributed by atoms with Gasteiger partial charge in [-0.2, -0.15) is 0 Å². The van der Waals surface area contributed by atoms with Crippen LogP contribution in [0.5, 0.6) is 5.75 Å². The van der Waals surface area contributed by atoms with Gasteiger partial charge in [0, 0.05) is 18.0 Å². The maximum Gasteiger partial charge on any atom is 0.125 e. The first-order valence-corrected chi connectivity index (χ1v) is 7.79. The van der Waals surface area contributed by atoms with E-state index in [1.54, 1.807) is 0 Å². The van der Waals surface area contributed by atoms with E-state index in [-0.39, 0.29) is 11.7 Å². The molecule has 3 heteroatoms. The molecule has 1 aromatic rings. The van der Waals surface area contributed by atoms with Crippen LogP contribution < -0.4 is 10.1 Å². The lowest BCUT2D eigenvalue weighted by molar-refractivity contribution is -0.178. The second-order valence-electron chi connectivity index (χ2n) is 6.93. The van der Waals surface area contributed by atoms with Crippen LogP contribution in [0, 0.1) is 11.8 Å². The van der Waals surface area contributed by atoms with E-state index >= 15 is 0 Å². The van der Waals surface area contributed by atoms with Crippen molar-refractivity contribution in [1.82, 2.24) is 5.32 Å². The van der Waals surface area contributed by atoms with Crippen LogP contribution in [-0.4, -0.2) is 24.8 Å². The average molecular weight is 273 g/mol. The molecule has 0 spiro atoms. The molecule has 20 heavy (non-hydrogen) atoms. The number of hydrogen-bond acceptors (Lipinski definition) is 3. The summed E-state index contributed by atoms with van der Waals surface area (Å²) in [4.78, 5) is 0. The molecule has 0 aliphatic carbocycles. The van der Waals surface area contributed by atoms with Crippen molar-refractivity contribution >= 4 is 0 Å². The lowest BCUT2D eigenvalue weighted by Crippen LogP contribution is -2.54. The lowest BCUT2D eigenvalue weighted by atomic mass is 9.71. The van der Waals surface area contributed by atoms with Crippen molar-refractivity contribution in [2.45, 2.75) is 44.5 Å². The Kier molecular flexibility index (Phi) is 2.83. The number of para-hydroxylation sites is 1. The Labute approximate surface area is 120 Å². The second kappa shape index (κ2) is 4.47. The molecule has 0 aromatic heterocycles. The molecular formula is C17H23NO2. The molecule has 1 N–H and O–H groups in total. The monoisotopic (exact) mass is 273 g/mol. The van der Waals surface area contributed by atoms with E-state index in [0.29, 0.717) is 17.9 Å². The molecule has 3 nitrogen and oxygen atoms in total. The van der Waals surface area contributed by atoms with Gasteiger partial charge < -0.3 is 14.8 Å². The highest BCUT2D eigenvalue weighted by atomic mass is 16.5. The smallest absolute Gasteiger partial charge is 0.125 e. The van der Waals surface area contributed by atoms with E-state index < -0.39 is 0 Å². The zero-order chi connectivity index (χ0) is 13.7. The maximum atomic E-state index is 6.54. The largest absolute Gasteiger partial charge is 0.487 e. The number of rotatable bonds is 0. The third-order valence-corrected chi connectivity index (χ3v) is 5.27. The first-order valence-electron chi connectivity index (χ1n) is 7.79. The quantitative estimate of drug-likeness (QED) is 0.788. The summed E-state index contributed by atoms with van der Waals surface area (Å²) in [7, 11) is 0. The Morgan fingerprint density at radius 3 is 3.00 bits per heavy atom. The van der Waals surface area contributed by atoms with E-state index in [1.807, 2.05) is 6.07 Å². The van der Waals surface area contributed by atoms with Gasteiger partial charge in [-0.1, -0.05) is 18.2 Å². The van der Waals surface area contributed by atoms with E-state index in [1.165, 1.54) is 12.0 Å². The van der Waals surface area contributed by atoms with Crippen LogP contribution in [-0.2, 0) is 4.74 Å². The number of nitrogens with one attached hydrogen (secondary N) is 1. The molecule has 3 aliphatic heterocycles. The number of ether oxygens (including phenoxy) is 2. The van der Waals surface area contributed by atoms with E-state index in [4.69, 9.17) is 9.47 Å². The van der Waals surface area contributed by atoms with Crippen molar-refractivity contribution in [3.05, 3.63) is 29.8 Å². The fourth-order valence-corrected chi connectivity index (χ4v) is 4.15. The number of fused-ring (bicyclic) bond motifs is 4. The first-order chi connectivity index (χ1) is 9.65. The Hall–Kier alpha value is -1.06. The SMILES string of the molecule is CC1(C)Oc2ccccc2[C@@H]2O[C@@H]3CCNC[C@@H]3C[C@H]21. The summed E-state index contributed by atoms with van der Waals surface area (Å²) in [6, 6.07) is 8.38. The number of hydrogen-bond donors (Lipinski definition) is 1. The lowest BCUT2D eigenvalue weighted by Gasteiger charge is -2.52. The third-order valence-electron chi connectivity index (χ3n) is 5.27. The van der Waals surface area contributed by atoms with Crippen molar-refractivity contribution in [2.24, 2.45) is 11.8 Å². The molecule has 2 fully saturated rings. The van der Waals surface area contributed by atoms with E-state index in [9.17, 15) is 0 Å². The molecule has 1 aromatic carbocycles. The average Bonchev–Trinajstić information content (AvgIpc) is 2.45. The molecule has 0 amide bonds. The fraction of sp³-hybridized carbons (Fsp3) is 0.647. The van der Waals surface area contributed by atoms with Gasteiger partial charge in [0.1, 0.15) is 11.4 Å². The molecule has 2 saturated heterocycles. The zero-order valence-electron chi connectivity index (χ0n) is 12.3. The van der Waals surface area contributed by atoms with Crippen molar-refractivity contribution in [1.29, 1.82) is 0 Å². The van der Waals surface area contributed by atoms with Crippen molar-refractivity contribution in [3.8, 4) is 5.75 Å². The summed E-state index contributed by atoms with van der Waals surface area (Å²) < 4.78 is 12.8. The highest BCUT2D eigenvalue weighted by molar-refractivity contribution is 5.39. The van der Waals surface area contributed by atoms with Crippen molar-refractivity contribution in [3.63, 3.8) is 0 Å². The number of benzene rings is 1. The van der Waals surface area contributed by atoms with Crippen LogP contribution in [0.1, 0.15) is 38.4 Å². The third kappa shape index (κ3) is 1.87. The molecule has 4 atom stereocenters. The van der Waals surface area contributed by atoms with Gasteiger partial charge in [-0.25, -0.2) is 0 Å². The minimum absolute atomic E-state index is 0.151. The van der Waals surface area contributed by atoms with Gasteiger partial charge >= 0.3 is 0 Å². The van der Waals surface area contributed by atoms with Gasteiger partial charge in [0.15, 0.2) is 0 Å². The second-order valence-corrected chi connectivity index (χ2v) is 6.93. The van der Waals surface area contributed by atoms with Crippen LogP contribution in [0.3, 0.4) is 0 Å². The predicted octanol–water partition coefficient (Wildman–Crippen LogP) is 2.91. The minimum Gasteiger partial charge on any atom is -0.487 e. The molecular weight excluding hydrogens is 250 g/mol. The molecule has 0 saturated carbocycles. The highest BCUT2D eigenvalue weighted by Crippen LogP contribution is 2.52. The van der Waals surface area contributed by atoms with Crippen LogP contribution >= 0.6 is 0 Å². The predicted molar refractivity (Wildman–Crippen MR) is 77.8 cm³/mol. The molecule has 0 unspecified atom stereocenters. The van der Waals surface area contributed by atoms with Gasteiger partial charge in [-0.15, -0.1) is 0 Å². The van der Waals surface area contributed by atoms with Gasteiger partial charge in [-0.3, -0.25) is 0 Å². The molecule has 0 bridgehead atoms. The maximum absolute atomic E-state index is 6.54. The zero-order valence-corrected chi connectivity index (χ0v) is 12.3. The Morgan fingerprint density at radius 1 is 1.25 bits per heavy atom. The molecule has 3 aliphatic rings. The highest BCUT2D eigenvalue weighted by Gasteiger charge is 2.50. The molecule has 4 rings (SSSR count). The molecule has 108 valence electrons. The first kappa shape index (κ1) is 12.7. The Bertz CT molecular complexity index is 513. The van der Waals surface area contributed by atoms with Gasteiger partial charge in [0.2, 0.25) is 0 Å². The van der Waals surface area contributed by atoms with Crippen molar-refractivity contribution < 1.29 is 9.47 Å². The van der Waals surface area contributed by atoms with Gasteiger partial charge in [0.05, 0.1) is 12.2 Å². The summed E-state index contributed by atoms with van der Waals surface area (Å²) in [5.74, 6) is 2.09. The molecule has 0 radical (unpaired) electrons. The van der Waals surface area contributed by atoms with E-state index in [2.05, 4.69) is 37.4 Å².